The smallest absolute Gasteiger partial charge is 0.344 e. The topological polar surface area (TPSA) is 100 Å². The van der Waals surface area contributed by atoms with E-state index in [9.17, 15) is 9.59 Å². The molecule has 0 bridgehead atoms. The highest BCUT2D eigenvalue weighted by Gasteiger charge is 2.06. The van der Waals surface area contributed by atoms with Gasteiger partial charge in [0.15, 0.2) is 0 Å². The van der Waals surface area contributed by atoms with Gasteiger partial charge in [0.05, 0.1) is 26.3 Å². The molecule has 0 aliphatic heterocycles. The van der Waals surface area contributed by atoms with Gasteiger partial charge in [-0.3, -0.25) is 4.98 Å². The van der Waals surface area contributed by atoms with Crippen molar-refractivity contribution < 1.29 is 10.2 Å². The summed E-state index contributed by atoms with van der Waals surface area (Å²) in [5, 5.41) is 17.2. The standard InChI is InChI=1S/C6H11N3O4/c10-3-1-8-5(12)7-6(13)9(8)2-4-11/h10-11H,1-4H2,(H,7,12,13). The van der Waals surface area contributed by atoms with Crippen LogP contribution in [0.5, 0.6) is 0 Å². The van der Waals surface area contributed by atoms with Crippen LogP contribution in [0.3, 0.4) is 0 Å². The van der Waals surface area contributed by atoms with Crippen molar-refractivity contribution in [3.05, 3.63) is 21.0 Å². The van der Waals surface area contributed by atoms with Gasteiger partial charge >= 0.3 is 11.4 Å². The van der Waals surface area contributed by atoms with Crippen LogP contribution in [0.1, 0.15) is 0 Å². The molecule has 1 aromatic rings. The van der Waals surface area contributed by atoms with E-state index < -0.39 is 11.4 Å². The maximum absolute atomic E-state index is 11.0. The van der Waals surface area contributed by atoms with Crippen molar-refractivity contribution >= 4 is 0 Å². The monoisotopic (exact) mass is 189 g/mol. The Labute approximate surface area is 72.8 Å². The Hall–Kier alpha value is -1.34. The van der Waals surface area contributed by atoms with E-state index in [-0.39, 0.29) is 26.3 Å². The normalized spacial score (nSPS) is 10.6. The molecular formula is C6H11N3O4. The van der Waals surface area contributed by atoms with E-state index in [2.05, 4.69) is 0 Å². The van der Waals surface area contributed by atoms with Crippen LogP contribution in [-0.4, -0.2) is 37.8 Å². The lowest BCUT2D eigenvalue weighted by Gasteiger charge is -2.05. The molecule has 0 aliphatic carbocycles. The van der Waals surface area contributed by atoms with E-state index in [1.54, 1.807) is 0 Å². The lowest BCUT2D eigenvalue weighted by atomic mass is 10.7. The molecule has 74 valence electrons. The number of hydrogen-bond donors (Lipinski definition) is 3. The number of aromatic amines is 1. The average Bonchev–Trinajstić information content (AvgIpc) is 2.33. The van der Waals surface area contributed by atoms with Gasteiger partial charge in [0.2, 0.25) is 0 Å². The van der Waals surface area contributed by atoms with E-state index in [1.807, 2.05) is 4.98 Å². The predicted molar refractivity (Wildman–Crippen MR) is 43.5 cm³/mol. The molecule has 13 heavy (non-hydrogen) atoms. The molecule has 0 spiro atoms. The van der Waals surface area contributed by atoms with Crippen LogP contribution in [0.4, 0.5) is 0 Å². The molecule has 1 heterocycles. The zero-order chi connectivity index (χ0) is 9.84. The first-order chi connectivity index (χ1) is 6.20. The highest BCUT2D eigenvalue weighted by molar-refractivity contribution is 4.67. The first-order valence-corrected chi connectivity index (χ1v) is 3.82. The maximum atomic E-state index is 11.0. The Morgan fingerprint density at radius 1 is 1.00 bits per heavy atom. The van der Waals surface area contributed by atoms with Gasteiger partial charge in [-0.15, -0.1) is 0 Å². The van der Waals surface area contributed by atoms with Crippen LogP contribution < -0.4 is 11.4 Å². The lowest BCUT2D eigenvalue weighted by molar-refractivity contribution is 0.226. The van der Waals surface area contributed by atoms with Gasteiger partial charge in [0.1, 0.15) is 0 Å². The molecule has 0 saturated heterocycles. The SMILES string of the molecule is O=c1[nH]c(=O)n(CCO)n1CCO. The zero-order valence-corrected chi connectivity index (χ0v) is 6.93. The second-order valence-electron chi connectivity index (χ2n) is 2.43. The van der Waals surface area contributed by atoms with E-state index in [0.29, 0.717) is 0 Å². The average molecular weight is 189 g/mol. The third-order valence-electron chi connectivity index (χ3n) is 1.60. The summed E-state index contributed by atoms with van der Waals surface area (Å²) in [5.41, 5.74) is -1.15. The van der Waals surface area contributed by atoms with Crippen LogP contribution in [0.2, 0.25) is 0 Å². The molecule has 0 amide bonds. The number of nitrogens with one attached hydrogen (secondary N) is 1. The van der Waals surface area contributed by atoms with Crippen LogP contribution in [0, 0.1) is 0 Å². The van der Waals surface area contributed by atoms with Gasteiger partial charge in [-0.1, -0.05) is 0 Å². The zero-order valence-electron chi connectivity index (χ0n) is 6.93. The number of aromatic nitrogens is 3. The first kappa shape index (κ1) is 9.75. The Morgan fingerprint density at radius 3 is 1.69 bits per heavy atom. The third kappa shape index (κ3) is 1.87. The van der Waals surface area contributed by atoms with Crippen molar-refractivity contribution in [2.75, 3.05) is 13.2 Å². The summed E-state index contributed by atoms with van der Waals surface area (Å²) in [6, 6.07) is 0. The summed E-state index contributed by atoms with van der Waals surface area (Å²) in [6.45, 7) is -0.388. The minimum absolute atomic E-state index is 0.0393. The highest BCUT2D eigenvalue weighted by Crippen LogP contribution is 1.78. The second-order valence-corrected chi connectivity index (χ2v) is 2.43. The number of aliphatic hydroxyl groups excluding tert-OH is 2. The summed E-state index contributed by atoms with van der Waals surface area (Å²) in [4.78, 5) is 24.1. The van der Waals surface area contributed by atoms with Crippen LogP contribution in [0.15, 0.2) is 9.59 Å². The van der Waals surface area contributed by atoms with E-state index in [0.717, 1.165) is 9.36 Å². The van der Waals surface area contributed by atoms with Gasteiger partial charge in [-0.2, -0.15) is 0 Å². The first-order valence-electron chi connectivity index (χ1n) is 3.82. The Bertz CT molecular complexity index is 339. The molecule has 0 radical (unpaired) electrons. The minimum atomic E-state index is -0.576. The molecule has 7 heteroatoms. The summed E-state index contributed by atoms with van der Waals surface area (Å²) >= 11 is 0. The molecule has 0 saturated carbocycles. The summed E-state index contributed by atoms with van der Waals surface area (Å²) in [6.07, 6.45) is 0. The molecule has 1 aromatic heterocycles. The van der Waals surface area contributed by atoms with Gasteiger partial charge in [0, 0.05) is 0 Å². The van der Waals surface area contributed by atoms with Crippen molar-refractivity contribution in [1.82, 2.24) is 14.3 Å². The van der Waals surface area contributed by atoms with Crippen molar-refractivity contribution in [3.63, 3.8) is 0 Å². The fourth-order valence-electron chi connectivity index (χ4n) is 1.07. The van der Waals surface area contributed by atoms with Crippen molar-refractivity contribution in [2.45, 2.75) is 13.1 Å². The van der Waals surface area contributed by atoms with E-state index >= 15 is 0 Å². The quantitative estimate of drug-likeness (QED) is 0.480. The van der Waals surface area contributed by atoms with Crippen LogP contribution >= 0.6 is 0 Å². The molecule has 1 rings (SSSR count). The largest absolute Gasteiger partial charge is 0.394 e. The van der Waals surface area contributed by atoms with Gasteiger partial charge in [-0.25, -0.2) is 19.0 Å². The third-order valence-corrected chi connectivity index (χ3v) is 1.60. The highest BCUT2D eigenvalue weighted by atomic mass is 16.3. The van der Waals surface area contributed by atoms with Crippen molar-refractivity contribution in [2.24, 2.45) is 0 Å². The Balaban J connectivity index is 3.13. The van der Waals surface area contributed by atoms with Crippen LogP contribution in [-0.2, 0) is 13.1 Å². The summed E-state index contributed by atoms with van der Waals surface area (Å²) < 4.78 is 2.11. The molecule has 0 aromatic carbocycles. The fourth-order valence-corrected chi connectivity index (χ4v) is 1.07. The van der Waals surface area contributed by atoms with Crippen molar-refractivity contribution in [3.8, 4) is 0 Å². The van der Waals surface area contributed by atoms with E-state index in [1.165, 1.54) is 0 Å². The fraction of sp³-hybridized carbons (Fsp3) is 0.667. The molecule has 7 nitrogen and oxygen atoms in total. The summed E-state index contributed by atoms with van der Waals surface area (Å²) in [5.74, 6) is 0. The maximum Gasteiger partial charge on any atom is 0.344 e. The molecule has 0 fully saturated rings. The molecule has 0 aliphatic rings. The number of aliphatic hydroxyl groups is 2. The van der Waals surface area contributed by atoms with Gasteiger partial charge < -0.3 is 10.2 Å². The van der Waals surface area contributed by atoms with Gasteiger partial charge in [-0.05, 0) is 0 Å². The molecule has 0 atom stereocenters. The van der Waals surface area contributed by atoms with Gasteiger partial charge in [0.25, 0.3) is 0 Å². The number of hydrogen-bond acceptors (Lipinski definition) is 4. The Kier molecular flexibility index (Phi) is 3.04. The Morgan fingerprint density at radius 2 is 1.38 bits per heavy atom. The van der Waals surface area contributed by atoms with Crippen LogP contribution in [0.25, 0.3) is 0 Å². The van der Waals surface area contributed by atoms with E-state index in [4.69, 9.17) is 10.2 Å². The van der Waals surface area contributed by atoms with Crippen molar-refractivity contribution in [1.29, 1.82) is 0 Å². The minimum Gasteiger partial charge on any atom is -0.394 e. The summed E-state index contributed by atoms with van der Waals surface area (Å²) in [7, 11) is 0. The number of rotatable bonds is 4. The second kappa shape index (κ2) is 4.06. The molecule has 0 unspecified atom stereocenters. The molecular weight excluding hydrogens is 178 g/mol. The number of nitrogens with zero attached hydrogens (tertiary/aromatic N) is 2. The predicted octanol–water partition coefficient (Wildman–Crippen LogP) is -2.68. The molecule has 3 N–H and O–H groups in total. The lowest BCUT2D eigenvalue weighted by Crippen LogP contribution is -2.29. The number of H-pyrrole nitrogens is 1.